The Bertz CT molecular complexity index is 1200. The number of anilines is 1. The van der Waals surface area contributed by atoms with Gasteiger partial charge in [0.1, 0.15) is 0 Å². The molecule has 3 aromatic rings. The lowest BCUT2D eigenvalue weighted by atomic mass is 10.0. The second-order valence-electron chi connectivity index (χ2n) is 6.59. The molecule has 140 valence electrons. The van der Waals surface area contributed by atoms with Crippen molar-refractivity contribution in [2.24, 2.45) is 4.99 Å². The summed E-state index contributed by atoms with van der Waals surface area (Å²) in [4.78, 5) is 28.1. The fraction of sp³-hybridized carbons (Fsp3) is 0.0435. The van der Waals surface area contributed by atoms with Crippen LogP contribution < -0.4 is 5.32 Å². The molecule has 29 heavy (non-hydrogen) atoms. The van der Waals surface area contributed by atoms with Crippen LogP contribution in [0.25, 0.3) is 11.1 Å². The number of carboxylic acids is 1. The van der Waals surface area contributed by atoms with Gasteiger partial charge < -0.3 is 10.4 Å². The molecule has 0 unspecified atom stereocenters. The van der Waals surface area contributed by atoms with Crippen LogP contribution in [0.2, 0.25) is 0 Å². The number of nitrogens with zero attached hydrogens (tertiary/aromatic N) is 2. The minimum atomic E-state index is -0.979. The van der Waals surface area contributed by atoms with Gasteiger partial charge in [0.15, 0.2) is 0 Å². The van der Waals surface area contributed by atoms with E-state index in [1.165, 1.54) is 0 Å². The zero-order valence-electron chi connectivity index (χ0n) is 15.2. The second kappa shape index (κ2) is 7.41. The van der Waals surface area contributed by atoms with Crippen LogP contribution in [-0.2, 0) is 4.79 Å². The molecule has 0 saturated heterocycles. The first-order valence-corrected chi connectivity index (χ1v) is 8.89. The van der Waals surface area contributed by atoms with Gasteiger partial charge in [-0.3, -0.25) is 9.79 Å². The summed E-state index contributed by atoms with van der Waals surface area (Å²) in [6, 6.07) is 21.2. The van der Waals surface area contributed by atoms with Crippen molar-refractivity contribution < 1.29 is 14.7 Å². The summed E-state index contributed by atoms with van der Waals surface area (Å²) in [5, 5.41) is 21.0. The first kappa shape index (κ1) is 18.1. The van der Waals surface area contributed by atoms with Crippen LogP contribution in [0.3, 0.4) is 0 Å². The highest BCUT2D eigenvalue weighted by Gasteiger charge is 2.18. The van der Waals surface area contributed by atoms with Crippen LogP contribution in [-0.4, -0.2) is 22.7 Å². The highest BCUT2D eigenvalue weighted by molar-refractivity contribution is 6.17. The van der Waals surface area contributed by atoms with Crippen molar-refractivity contribution >= 4 is 29.0 Å². The third-order valence-corrected chi connectivity index (χ3v) is 4.64. The molecule has 4 rings (SSSR count). The van der Waals surface area contributed by atoms with Gasteiger partial charge in [0, 0.05) is 0 Å². The van der Waals surface area contributed by atoms with Crippen LogP contribution in [0.1, 0.15) is 27.9 Å². The summed E-state index contributed by atoms with van der Waals surface area (Å²) in [7, 11) is 0. The lowest BCUT2D eigenvalue weighted by Crippen LogP contribution is -2.15. The number of rotatable bonds is 3. The van der Waals surface area contributed by atoms with E-state index in [-0.39, 0.29) is 17.9 Å². The SMILES string of the molecule is N#Cc1cccc(C2=Nc3ccc(-c4ccc(C(=O)O)cc4)cc3NC(=O)C2)c1. The molecule has 6 heteroatoms. The van der Waals surface area contributed by atoms with Crippen molar-refractivity contribution in [2.75, 3.05) is 5.32 Å². The molecule has 1 aliphatic heterocycles. The van der Waals surface area contributed by atoms with Gasteiger partial charge in [0.05, 0.1) is 40.7 Å². The van der Waals surface area contributed by atoms with Crippen molar-refractivity contribution in [3.05, 3.63) is 83.4 Å². The molecule has 0 atom stereocenters. The second-order valence-corrected chi connectivity index (χ2v) is 6.59. The first-order valence-electron chi connectivity index (χ1n) is 8.89. The molecule has 1 amide bonds. The van der Waals surface area contributed by atoms with E-state index in [2.05, 4.69) is 16.4 Å². The molecule has 1 aliphatic rings. The quantitative estimate of drug-likeness (QED) is 0.702. The van der Waals surface area contributed by atoms with E-state index in [1.54, 1.807) is 42.5 Å². The molecule has 0 aromatic heterocycles. The van der Waals surface area contributed by atoms with Gasteiger partial charge in [-0.25, -0.2) is 4.79 Å². The minimum absolute atomic E-state index is 0.103. The molecular weight excluding hydrogens is 366 g/mol. The van der Waals surface area contributed by atoms with Crippen LogP contribution in [0.5, 0.6) is 0 Å². The summed E-state index contributed by atoms with van der Waals surface area (Å²) in [6.45, 7) is 0. The Morgan fingerprint density at radius 1 is 1.00 bits per heavy atom. The smallest absolute Gasteiger partial charge is 0.335 e. The molecule has 2 N–H and O–H groups in total. The Balaban J connectivity index is 1.73. The number of aromatic carboxylic acids is 1. The van der Waals surface area contributed by atoms with Gasteiger partial charge in [-0.2, -0.15) is 5.26 Å². The lowest BCUT2D eigenvalue weighted by molar-refractivity contribution is -0.115. The van der Waals surface area contributed by atoms with E-state index in [9.17, 15) is 9.59 Å². The maximum atomic E-state index is 12.4. The van der Waals surface area contributed by atoms with Crippen LogP contribution in [0.15, 0.2) is 71.7 Å². The minimum Gasteiger partial charge on any atom is -0.478 e. The Kier molecular flexibility index (Phi) is 4.63. The van der Waals surface area contributed by atoms with E-state index in [4.69, 9.17) is 10.4 Å². The number of fused-ring (bicyclic) bond motifs is 1. The molecule has 6 nitrogen and oxygen atoms in total. The number of hydrogen-bond acceptors (Lipinski definition) is 4. The zero-order chi connectivity index (χ0) is 20.4. The average molecular weight is 381 g/mol. The number of carboxylic acid groups (broad SMARTS) is 1. The lowest BCUT2D eigenvalue weighted by Gasteiger charge is -2.08. The van der Waals surface area contributed by atoms with Gasteiger partial charge in [0.25, 0.3) is 0 Å². The maximum absolute atomic E-state index is 12.4. The molecule has 1 heterocycles. The fourth-order valence-corrected chi connectivity index (χ4v) is 3.18. The maximum Gasteiger partial charge on any atom is 0.335 e. The third-order valence-electron chi connectivity index (χ3n) is 4.64. The molecule has 0 saturated carbocycles. The molecule has 0 fully saturated rings. The molecule has 0 spiro atoms. The Morgan fingerprint density at radius 2 is 1.76 bits per heavy atom. The topological polar surface area (TPSA) is 103 Å². The number of aliphatic imine (C=N–C) groups is 1. The summed E-state index contributed by atoms with van der Waals surface area (Å²) in [6.07, 6.45) is 0.103. The summed E-state index contributed by atoms with van der Waals surface area (Å²) >= 11 is 0. The standard InChI is InChI=1S/C23H15N3O3/c24-13-14-2-1-3-18(10-14)20-12-22(27)26-21-11-17(8-9-19(21)25-20)15-4-6-16(7-5-15)23(28)29/h1-11H,12H2,(H,26,27)(H,28,29). The number of amides is 1. The third kappa shape index (κ3) is 3.75. The Labute approximate surface area is 166 Å². The van der Waals surface area contributed by atoms with Gasteiger partial charge in [0.2, 0.25) is 5.91 Å². The van der Waals surface area contributed by atoms with E-state index < -0.39 is 5.97 Å². The van der Waals surface area contributed by atoms with E-state index in [1.807, 2.05) is 24.3 Å². The molecule has 0 radical (unpaired) electrons. The number of carbonyl (C=O) groups is 2. The van der Waals surface area contributed by atoms with Crippen molar-refractivity contribution in [1.29, 1.82) is 5.26 Å². The highest BCUT2D eigenvalue weighted by atomic mass is 16.4. The Hall–Kier alpha value is -4.24. The van der Waals surface area contributed by atoms with Crippen molar-refractivity contribution in [2.45, 2.75) is 6.42 Å². The van der Waals surface area contributed by atoms with Gasteiger partial charge in [-0.05, 0) is 53.1 Å². The van der Waals surface area contributed by atoms with Crippen molar-refractivity contribution in [1.82, 2.24) is 0 Å². The number of nitriles is 1. The van der Waals surface area contributed by atoms with Gasteiger partial charge in [-0.1, -0.05) is 30.3 Å². The number of hydrogen-bond donors (Lipinski definition) is 2. The number of nitrogens with one attached hydrogen (secondary N) is 1. The van der Waals surface area contributed by atoms with E-state index in [0.717, 1.165) is 16.7 Å². The van der Waals surface area contributed by atoms with Crippen LogP contribution in [0.4, 0.5) is 11.4 Å². The number of carbonyl (C=O) groups excluding carboxylic acids is 1. The molecule has 3 aromatic carbocycles. The van der Waals surface area contributed by atoms with E-state index in [0.29, 0.717) is 22.6 Å². The predicted octanol–water partition coefficient (Wildman–Crippen LogP) is 4.39. The predicted molar refractivity (Wildman–Crippen MR) is 109 cm³/mol. The molecular formula is C23H15N3O3. The van der Waals surface area contributed by atoms with Gasteiger partial charge in [-0.15, -0.1) is 0 Å². The highest BCUT2D eigenvalue weighted by Crippen LogP contribution is 2.33. The number of benzene rings is 3. The zero-order valence-corrected chi connectivity index (χ0v) is 15.2. The summed E-state index contributed by atoms with van der Waals surface area (Å²) in [5.74, 6) is -1.17. The van der Waals surface area contributed by atoms with E-state index >= 15 is 0 Å². The van der Waals surface area contributed by atoms with Gasteiger partial charge >= 0.3 is 5.97 Å². The van der Waals surface area contributed by atoms with Crippen molar-refractivity contribution in [3.63, 3.8) is 0 Å². The molecule has 0 bridgehead atoms. The van der Waals surface area contributed by atoms with Crippen LogP contribution in [0, 0.1) is 11.3 Å². The van der Waals surface area contributed by atoms with Crippen LogP contribution >= 0.6 is 0 Å². The van der Waals surface area contributed by atoms with Crippen molar-refractivity contribution in [3.8, 4) is 17.2 Å². The fourth-order valence-electron chi connectivity index (χ4n) is 3.18. The summed E-state index contributed by atoms with van der Waals surface area (Å²) in [5.41, 5.74) is 4.94. The first-order chi connectivity index (χ1) is 14.0. The summed E-state index contributed by atoms with van der Waals surface area (Å²) < 4.78 is 0. The monoisotopic (exact) mass is 381 g/mol. The average Bonchev–Trinajstić information content (AvgIpc) is 2.91. The molecule has 0 aliphatic carbocycles. The Morgan fingerprint density at radius 3 is 2.48 bits per heavy atom. The normalized spacial score (nSPS) is 12.8. The largest absolute Gasteiger partial charge is 0.478 e.